The first-order chi connectivity index (χ1) is 30.0. The van der Waals surface area contributed by atoms with Gasteiger partial charge in [0.05, 0.1) is 27.7 Å². The molecule has 9 nitrogen and oxygen atoms in total. The average Bonchev–Trinajstić information content (AvgIpc) is 3.23. The summed E-state index contributed by atoms with van der Waals surface area (Å²) in [6.45, 7) is 4.45. The van der Waals surface area contributed by atoms with Crippen molar-refractivity contribution in [1.29, 1.82) is 0 Å². The largest absolute Gasteiger partial charge is 0.472 e. The Labute approximate surface area is 383 Å². The number of carbonyl (C=O) groups is 2. The Morgan fingerprint density at radius 1 is 0.484 bits per heavy atom. The van der Waals surface area contributed by atoms with E-state index in [1.165, 1.54) is 173 Å². The first-order valence-corrected chi connectivity index (χ1v) is 27.6. The number of phosphoric ester groups is 1. The molecule has 0 aromatic rings. The highest BCUT2D eigenvalue weighted by Crippen LogP contribution is 2.43. The van der Waals surface area contributed by atoms with Crippen LogP contribution in [-0.2, 0) is 32.7 Å². The van der Waals surface area contributed by atoms with Crippen LogP contribution in [0.25, 0.3) is 0 Å². The van der Waals surface area contributed by atoms with Crippen molar-refractivity contribution in [2.75, 3.05) is 47.5 Å². The number of allylic oxidation sites excluding steroid dienone is 4. The van der Waals surface area contributed by atoms with Crippen LogP contribution in [0.3, 0.4) is 0 Å². The minimum atomic E-state index is -4.38. The van der Waals surface area contributed by atoms with Crippen molar-refractivity contribution >= 4 is 19.8 Å². The molecule has 0 amide bonds. The highest BCUT2D eigenvalue weighted by atomic mass is 31.2. The third kappa shape index (κ3) is 48.0. The molecule has 0 aliphatic carbocycles. The molecule has 0 fully saturated rings. The van der Waals surface area contributed by atoms with Gasteiger partial charge in [0.15, 0.2) is 6.10 Å². The number of unbranched alkanes of at least 4 members (excludes halogenated alkanes) is 30. The Bertz CT molecular complexity index is 1110. The van der Waals surface area contributed by atoms with Gasteiger partial charge in [-0.15, -0.1) is 0 Å². The van der Waals surface area contributed by atoms with Crippen LogP contribution in [0.15, 0.2) is 24.3 Å². The number of esters is 2. The van der Waals surface area contributed by atoms with Gasteiger partial charge in [-0.3, -0.25) is 18.6 Å². The molecule has 0 aromatic carbocycles. The number of rotatable bonds is 48. The molecule has 0 aliphatic rings. The van der Waals surface area contributed by atoms with E-state index in [-0.39, 0.29) is 32.0 Å². The molecule has 0 radical (unpaired) electrons. The number of quaternary nitrogens is 1. The van der Waals surface area contributed by atoms with Gasteiger partial charge in [0.2, 0.25) is 0 Å². The molecule has 0 saturated heterocycles. The average molecular weight is 899 g/mol. The monoisotopic (exact) mass is 899 g/mol. The third-order valence-corrected chi connectivity index (χ3v) is 12.4. The zero-order valence-electron chi connectivity index (χ0n) is 41.4. The Hall–Kier alpha value is -1.51. The Balaban J connectivity index is 4.23. The van der Waals surface area contributed by atoms with Gasteiger partial charge in [0.25, 0.3) is 0 Å². The lowest BCUT2D eigenvalue weighted by atomic mass is 10.1. The van der Waals surface area contributed by atoms with E-state index in [0.29, 0.717) is 17.4 Å². The minimum absolute atomic E-state index is 0.0327. The van der Waals surface area contributed by atoms with E-state index in [2.05, 4.69) is 38.2 Å². The molecule has 2 unspecified atom stereocenters. The smallest absolute Gasteiger partial charge is 0.462 e. The summed E-state index contributed by atoms with van der Waals surface area (Å²) < 4.78 is 34.5. The van der Waals surface area contributed by atoms with E-state index >= 15 is 0 Å². The van der Waals surface area contributed by atoms with Gasteiger partial charge in [-0.2, -0.15) is 0 Å². The molecular formula is C52H101NO8P+. The summed E-state index contributed by atoms with van der Waals surface area (Å²) in [5, 5.41) is 0. The maximum atomic E-state index is 12.8. The maximum absolute atomic E-state index is 12.8. The number of nitrogens with zero attached hydrogens (tertiary/aromatic N) is 1. The van der Waals surface area contributed by atoms with Crippen molar-refractivity contribution in [3.63, 3.8) is 0 Å². The van der Waals surface area contributed by atoms with Crippen LogP contribution in [0.4, 0.5) is 0 Å². The van der Waals surface area contributed by atoms with Crippen molar-refractivity contribution < 1.29 is 42.1 Å². The lowest BCUT2D eigenvalue weighted by Crippen LogP contribution is -2.37. The SMILES string of the molecule is CCCCCCCCC=CCCCCCCCCCCCC(=O)OCC(COP(=O)(O)OCC[N+](C)(C)C)OC(=O)CCCCCCCCCCCC=CCCCCCCCC. The van der Waals surface area contributed by atoms with Gasteiger partial charge < -0.3 is 18.9 Å². The fraction of sp³-hybridized carbons (Fsp3) is 0.885. The van der Waals surface area contributed by atoms with Gasteiger partial charge in [-0.1, -0.05) is 192 Å². The lowest BCUT2D eigenvalue weighted by Gasteiger charge is -2.24. The molecule has 62 heavy (non-hydrogen) atoms. The maximum Gasteiger partial charge on any atom is 0.472 e. The molecule has 0 spiro atoms. The van der Waals surface area contributed by atoms with Crippen molar-refractivity contribution in [1.82, 2.24) is 0 Å². The zero-order valence-corrected chi connectivity index (χ0v) is 42.3. The molecule has 1 N–H and O–H groups in total. The summed E-state index contributed by atoms with van der Waals surface area (Å²) in [6, 6.07) is 0. The van der Waals surface area contributed by atoms with E-state index in [1.807, 2.05) is 21.1 Å². The molecule has 0 aliphatic heterocycles. The van der Waals surface area contributed by atoms with Crippen molar-refractivity contribution in [3.05, 3.63) is 24.3 Å². The van der Waals surface area contributed by atoms with E-state index in [1.54, 1.807) is 0 Å². The number of likely N-dealkylation sites (N-methyl/N-ethyl adjacent to an activating group) is 1. The standard InChI is InChI=1S/C52H100NO8P/c1-6-8-10-12-14-16-18-20-22-24-26-28-30-32-34-36-38-40-42-44-51(54)58-48-50(49-60-62(56,57)59-47-46-53(3,4)5)61-52(55)45-43-41-39-37-35-33-31-29-27-25-23-21-19-17-15-13-11-9-7-2/h20-23,50H,6-19,24-49H2,1-5H3/p+1. The molecule has 2 atom stereocenters. The first-order valence-electron chi connectivity index (χ1n) is 26.1. The van der Waals surface area contributed by atoms with Crippen LogP contribution in [0.1, 0.15) is 245 Å². The molecule has 0 saturated carbocycles. The van der Waals surface area contributed by atoms with Crippen LogP contribution in [0.5, 0.6) is 0 Å². The molecule has 0 heterocycles. The van der Waals surface area contributed by atoms with Crippen LogP contribution in [0, 0.1) is 0 Å². The van der Waals surface area contributed by atoms with Crippen molar-refractivity contribution in [2.24, 2.45) is 0 Å². The third-order valence-electron chi connectivity index (χ3n) is 11.5. The zero-order chi connectivity index (χ0) is 45.7. The Kier molecular flexibility index (Phi) is 43.6. The second kappa shape index (κ2) is 44.7. The van der Waals surface area contributed by atoms with Crippen LogP contribution < -0.4 is 0 Å². The molecule has 0 rings (SSSR count). The van der Waals surface area contributed by atoms with Crippen LogP contribution >= 0.6 is 7.82 Å². The van der Waals surface area contributed by atoms with E-state index in [9.17, 15) is 19.0 Å². The highest BCUT2D eigenvalue weighted by Gasteiger charge is 2.27. The predicted octanol–water partition coefficient (Wildman–Crippen LogP) is 15.5. The summed E-state index contributed by atoms with van der Waals surface area (Å²) in [4.78, 5) is 35.6. The van der Waals surface area contributed by atoms with E-state index < -0.39 is 26.5 Å². The fourth-order valence-corrected chi connectivity index (χ4v) is 8.10. The normalized spacial score (nSPS) is 13.6. The van der Waals surface area contributed by atoms with Gasteiger partial charge in [0.1, 0.15) is 19.8 Å². The quantitative estimate of drug-likeness (QED) is 0.0211. The first kappa shape index (κ1) is 60.5. The van der Waals surface area contributed by atoms with Gasteiger partial charge in [-0.05, 0) is 64.2 Å². The number of carbonyl (C=O) groups excluding carboxylic acids is 2. The van der Waals surface area contributed by atoms with E-state index in [0.717, 1.165) is 38.5 Å². The summed E-state index contributed by atoms with van der Waals surface area (Å²) in [7, 11) is 1.48. The minimum Gasteiger partial charge on any atom is -0.462 e. The molecule has 0 bridgehead atoms. The second-order valence-corrected chi connectivity index (χ2v) is 20.4. The van der Waals surface area contributed by atoms with Crippen LogP contribution in [0.2, 0.25) is 0 Å². The van der Waals surface area contributed by atoms with Gasteiger partial charge >= 0.3 is 19.8 Å². The molecule has 366 valence electrons. The van der Waals surface area contributed by atoms with Gasteiger partial charge in [0, 0.05) is 12.8 Å². The second-order valence-electron chi connectivity index (χ2n) is 18.9. The highest BCUT2D eigenvalue weighted by molar-refractivity contribution is 7.47. The summed E-state index contributed by atoms with van der Waals surface area (Å²) in [6.07, 6.45) is 50.8. The molecule has 10 heteroatoms. The number of hydrogen-bond acceptors (Lipinski definition) is 7. The lowest BCUT2D eigenvalue weighted by molar-refractivity contribution is -0.870. The van der Waals surface area contributed by atoms with E-state index in [4.69, 9.17) is 18.5 Å². The summed E-state index contributed by atoms with van der Waals surface area (Å²) in [5.41, 5.74) is 0. The Morgan fingerprint density at radius 3 is 1.19 bits per heavy atom. The summed E-state index contributed by atoms with van der Waals surface area (Å²) >= 11 is 0. The summed E-state index contributed by atoms with van der Waals surface area (Å²) in [5.74, 6) is -0.792. The Morgan fingerprint density at radius 2 is 0.823 bits per heavy atom. The molecular weight excluding hydrogens is 798 g/mol. The van der Waals surface area contributed by atoms with Crippen molar-refractivity contribution in [2.45, 2.75) is 251 Å². The molecule has 0 aromatic heterocycles. The fourth-order valence-electron chi connectivity index (χ4n) is 7.36. The van der Waals surface area contributed by atoms with Gasteiger partial charge in [-0.25, -0.2) is 4.57 Å². The number of hydrogen-bond donors (Lipinski definition) is 1. The predicted molar refractivity (Wildman–Crippen MR) is 261 cm³/mol. The van der Waals surface area contributed by atoms with Crippen LogP contribution in [-0.4, -0.2) is 74.9 Å². The van der Waals surface area contributed by atoms with Crippen molar-refractivity contribution in [3.8, 4) is 0 Å². The number of ether oxygens (including phenoxy) is 2. The topological polar surface area (TPSA) is 108 Å². The number of phosphoric acid groups is 1.